The molecule has 0 aliphatic heterocycles. The van der Waals surface area contributed by atoms with E-state index in [9.17, 15) is 38.4 Å². The van der Waals surface area contributed by atoms with Crippen molar-refractivity contribution in [3.8, 4) is 0 Å². The van der Waals surface area contributed by atoms with Crippen molar-refractivity contribution in [2.45, 2.75) is 79.1 Å². The largest absolute Gasteiger partial charge is 0.356 e. The number of rotatable bonds is 24. The van der Waals surface area contributed by atoms with Crippen LogP contribution in [-0.2, 0) is 38.4 Å². The summed E-state index contributed by atoms with van der Waals surface area (Å²) < 4.78 is 0. The Morgan fingerprint density at radius 3 is 0.864 bits per heavy atom. The van der Waals surface area contributed by atoms with E-state index in [4.69, 9.17) is 0 Å². The van der Waals surface area contributed by atoms with Gasteiger partial charge in [-0.15, -0.1) is 0 Å². The lowest BCUT2D eigenvalue weighted by atomic mass is 10.0. The lowest BCUT2D eigenvalue weighted by Gasteiger charge is -2.09. The van der Waals surface area contributed by atoms with Gasteiger partial charge < -0.3 is 37.2 Å². The molecule has 0 aliphatic carbocycles. The second-order valence-corrected chi connectivity index (χ2v) is 10.9. The van der Waals surface area contributed by atoms with Gasteiger partial charge in [0.15, 0.2) is 0 Å². The number of hydrogen-bond acceptors (Lipinski definition) is 8. The topological polar surface area (TPSA) is 221 Å². The summed E-state index contributed by atoms with van der Waals surface area (Å²) in [5, 5.41) is 18.3. The normalized spacial score (nSPS) is 10.5. The first-order valence-corrected chi connectivity index (χ1v) is 15.2. The summed E-state index contributed by atoms with van der Waals surface area (Å²) in [7, 11) is 0. The molecule has 0 aromatic rings. The maximum absolute atomic E-state index is 11.9. The molecule has 0 unspecified atom stereocenters. The highest BCUT2D eigenvalue weighted by Crippen LogP contribution is 2.01. The Hall–Kier alpha value is -4.04. The van der Waals surface area contributed by atoms with Crippen molar-refractivity contribution in [3.05, 3.63) is 0 Å². The molecule has 0 atom stereocenters. The molecule has 0 saturated heterocycles. The van der Waals surface area contributed by atoms with Crippen molar-refractivity contribution in [3.63, 3.8) is 0 Å². The number of ketones is 1. The summed E-state index contributed by atoms with van der Waals surface area (Å²) in [6.07, 6.45) is 0.585. The quantitative estimate of drug-likeness (QED) is 0.0689. The molecule has 44 heavy (non-hydrogen) atoms. The van der Waals surface area contributed by atoms with Gasteiger partial charge in [0.2, 0.25) is 41.4 Å². The van der Waals surface area contributed by atoms with Gasteiger partial charge in [0.05, 0.1) is 0 Å². The molecule has 0 heterocycles. The molecule has 0 rings (SSSR count). The first-order chi connectivity index (χ1) is 20.8. The van der Waals surface area contributed by atoms with E-state index in [-0.39, 0.29) is 144 Å². The molecule has 0 aromatic carbocycles. The van der Waals surface area contributed by atoms with Crippen LogP contribution >= 0.6 is 0 Å². The fraction of sp³-hybridized carbons (Fsp3) is 0.724. The Morgan fingerprint density at radius 2 is 0.614 bits per heavy atom. The SMILES string of the molecule is CC(C)CNC(=O)CCNC(=O)CCNC(=O)CCNC(=O)CCNC(=O)CCNC(=O)CCNC(=O)CCC(=O)C(C)C. The smallest absolute Gasteiger partial charge is 0.221 e. The van der Waals surface area contributed by atoms with Crippen LogP contribution in [0.4, 0.5) is 0 Å². The van der Waals surface area contributed by atoms with Crippen LogP contribution in [0.5, 0.6) is 0 Å². The number of nitrogens with one attached hydrogen (secondary N) is 7. The second-order valence-electron chi connectivity index (χ2n) is 10.9. The second kappa shape index (κ2) is 24.4. The first-order valence-electron chi connectivity index (χ1n) is 15.2. The Labute approximate surface area is 259 Å². The predicted molar refractivity (Wildman–Crippen MR) is 163 cm³/mol. The summed E-state index contributed by atoms with van der Waals surface area (Å²) in [6, 6.07) is 0. The van der Waals surface area contributed by atoms with Crippen LogP contribution in [0.1, 0.15) is 79.1 Å². The lowest BCUT2D eigenvalue weighted by Crippen LogP contribution is -2.36. The van der Waals surface area contributed by atoms with Crippen LogP contribution in [0.2, 0.25) is 0 Å². The highest BCUT2D eigenvalue weighted by Gasteiger charge is 2.11. The molecule has 7 N–H and O–H groups in total. The summed E-state index contributed by atoms with van der Waals surface area (Å²) in [5.41, 5.74) is 0. The van der Waals surface area contributed by atoms with Gasteiger partial charge in [0, 0.05) is 103 Å². The Kier molecular flexibility index (Phi) is 22.2. The van der Waals surface area contributed by atoms with Crippen molar-refractivity contribution in [2.75, 3.05) is 45.8 Å². The van der Waals surface area contributed by atoms with Crippen LogP contribution in [0.15, 0.2) is 0 Å². The highest BCUT2D eigenvalue weighted by molar-refractivity contribution is 5.86. The fourth-order valence-corrected chi connectivity index (χ4v) is 3.35. The summed E-state index contributed by atoms with van der Waals surface area (Å²) in [4.78, 5) is 94.2. The lowest BCUT2D eigenvalue weighted by molar-refractivity contribution is -0.127. The van der Waals surface area contributed by atoms with E-state index in [0.29, 0.717) is 12.5 Å². The first kappa shape index (κ1) is 40.0. The monoisotopic (exact) mass is 625 g/mol. The van der Waals surface area contributed by atoms with Gasteiger partial charge in [0.25, 0.3) is 0 Å². The van der Waals surface area contributed by atoms with E-state index < -0.39 is 0 Å². The van der Waals surface area contributed by atoms with E-state index in [1.165, 1.54) is 0 Å². The minimum Gasteiger partial charge on any atom is -0.356 e. The summed E-state index contributed by atoms with van der Waals surface area (Å²) >= 11 is 0. The minimum atomic E-state index is -0.348. The van der Waals surface area contributed by atoms with Gasteiger partial charge >= 0.3 is 0 Å². The van der Waals surface area contributed by atoms with Gasteiger partial charge in [0.1, 0.15) is 5.78 Å². The minimum absolute atomic E-state index is 0.00563. The number of carbonyl (C=O) groups excluding carboxylic acids is 8. The van der Waals surface area contributed by atoms with Gasteiger partial charge in [-0.25, -0.2) is 0 Å². The van der Waals surface area contributed by atoms with Gasteiger partial charge in [-0.3, -0.25) is 38.4 Å². The van der Waals surface area contributed by atoms with Crippen molar-refractivity contribution in [1.82, 2.24) is 37.2 Å². The number of carbonyl (C=O) groups is 8. The van der Waals surface area contributed by atoms with Gasteiger partial charge in [-0.2, -0.15) is 0 Å². The standard InChI is InChI=1S/C29H51N7O8/c1-20(2)19-36-29(44)12-18-35-28(43)11-17-34-27(42)10-16-33-26(41)9-15-32-25(40)8-14-31-24(39)7-13-30-23(38)6-5-22(37)21(3)4/h20-21H,5-19H2,1-4H3,(H,30,38)(H,31,39)(H,32,40)(H,33,41)(H,34,42)(H,35,43)(H,36,44). The molecule has 0 aromatic heterocycles. The van der Waals surface area contributed by atoms with E-state index in [2.05, 4.69) is 37.2 Å². The highest BCUT2D eigenvalue weighted by atomic mass is 16.2. The van der Waals surface area contributed by atoms with Crippen LogP contribution in [0.3, 0.4) is 0 Å². The summed E-state index contributed by atoms with van der Waals surface area (Å²) in [6.45, 7) is 8.84. The van der Waals surface area contributed by atoms with Gasteiger partial charge in [-0.1, -0.05) is 27.7 Å². The predicted octanol–water partition coefficient (Wildman–Crippen LogP) is -1.20. The molecule has 7 amide bonds. The van der Waals surface area contributed by atoms with Crippen LogP contribution < -0.4 is 37.2 Å². The Balaban J connectivity index is 3.76. The Morgan fingerprint density at radius 1 is 0.364 bits per heavy atom. The Bertz CT molecular complexity index is 969. The van der Waals surface area contributed by atoms with Gasteiger partial charge in [-0.05, 0) is 5.92 Å². The average Bonchev–Trinajstić information content (AvgIpc) is 2.94. The van der Waals surface area contributed by atoms with E-state index >= 15 is 0 Å². The number of amides is 7. The van der Waals surface area contributed by atoms with Crippen molar-refractivity contribution in [2.24, 2.45) is 11.8 Å². The molecule has 0 bridgehead atoms. The van der Waals surface area contributed by atoms with E-state index in [1.54, 1.807) is 13.8 Å². The molecule has 0 radical (unpaired) electrons. The maximum atomic E-state index is 11.9. The molecule has 0 spiro atoms. The third-order valence-electron chi connectivity index (χ3n) is 6.00. The molecule has 0 saturated carbocycles. The number of Topliss-reactive ketones (excluding diaryl/α,β-unsaturated/α-hetero) is 1. The fourth-order valence-electron chi connectivity index (χ4n) is 3.35. The van der Waals surface area contributed by atoms with E-state index in [1.807, 2.05) is 13.8 Å². The average molecular weight is 626 g/mol. The van der Waals surface area contributed by atoms with Crippen molar-refractivity contribution >= 4 is 47.1 Å². The number of hydrogen-bond donors (Lipinski definition) is 7. The third kappa shape index (κ3) is 24.5. The van der Waals surface area contributed by atoms with E-state index in [0.717, 1.165) is 0 Å². The zero-order valence-corrected chi connectivity index (χ0v) is 26.5. The molecule has 15 heteroatoms. The third-order valence-corrected chi connectivity index (χ3v) is 6.00. The molecular weight excluding hydrogens is 574 g/mol. The zero-order valence-electron chi connectivity index (χ0n) is 26.5. The van der Waals surface area contributed by atoms with Crippen LogP contribution in [-0.4, -0.2) is 92.9 Å². The van der Waals surface area contributed by atoms with Crippen molar-refractivity contribution in [1.29, 1.82) is 0 Å². The van der Waals surface area contributed by atoms with Crippen LogP contribution in [0, 0.1) is 11.8 Å². The van der Waals surface area contributed by atoms with Crippen molar-refractivity contribution < 1.29 is 38.4 Å². The summed E-state index contributed by atoms with van der Waals surface area (Å²) in [5.74, 6) is -1.85. The zero-order chi connectivity index (χ0) is 33.3. The molecule has 15 nitrogen and oxygen atoms in total. The van der Waals surface area contributed by atoms with Crippen LogP contribution in [0.25, 0.3) is 0 Å². The molecule has 250 valence electrons. The molecule has 0 aliphatic rings. The molecule has 0 fully saturated rings. The maximum Gasteiger partial charge on any atom is 0.221 e. The molecular formula is C29H51N7O8.